The molecule has 136 valence electrons. The Hall–Kier alpha value is -2.69. The first-order valence-corrected chi connectivity index (χ1v) is 8.99. The van der Waals surface area contributed by atoms with Crippen molar-refractivity contribution in [2.45, 2.75) is 38.3 Å². The summed E-state index contributed by atoms with van der Waals surface area (Å²) in [6.07, 6.45) is 2.05. The molecule has 0 radical (unpaired) electrons. The first-order chi connectivity index (χ1) is 12.6. The van der Waals surface area contributed by atoms with Crippen LogP contribution in [0.15, 0.2) is 54.6 Å². The standard InChI is InChI=1S/C21H23FN2O2/c22-18-10-5-4-9-17(18)12-13-20(25)24-14-6-11-19(24)21(26)23-15-16-7-2-1-3-8-16/h1-5,7-10,19H,6,11-15H2,(H,23,26). The molecule has 1 aliphatic rings. The van der Waals surface area contributed by atoms with Gasteiger partial charge < -0.3 is 10.2 Å². The number of likely N-dealkylation sites (tertiary alicyclic amines) is 1. The van der Waals surface area contributed by atoms with Crippen molar-refractivity contribution in [1.29, 1.82) is 0 Å². The van der Waals surface area contributed by atoms with Crippen LogP contribution in [-0.4, -0.2) is 29.3 Å². The van der Waals surface area contributed by atoms with Gasteiger partial charge in [-0.25, -0.2) is 4.39 Å². The molecular weight excluding hydrogens is 331 g/mol. The number of carbonyl (C=O) groups excluding carboxylic acids is 2. The highest BCUT2D eigenvalue weighted by molar-refractivity contribution is 5.88. The van der Waals surface area contributed by atoms with Crippen molar-refractivity contribution in [3.05, 3.63) is 71.5 Å². The Bertz CT molecular complexity index is 764. The summed E-state index contributed by atoms with van der Waals surface area (Å²) < 4.78 is 13.7. The van der Waals surface area contributed by atoms with Gasteiger partial charge >= 0.3 is 0 Å². The number of nitrogens with zero attached hydrogens (tertiary/aromatic N) is 1. The molecule has 2 amide bonds. The Morgan fingerprint density at radius 1 is 1.08 bits per heavy atom. The molecule has 0 aromatic heterocycles. The van der Waals surface area contributed by atoms with Gasteiger partial charge in [0.1, 0.15) is 11.9 Å². The lowest BCUT2D eigenvalue weighted by atomic mass is 10.1. The van der Waals surface area contributed by atoms with Crippen LogP contribution in [0.25, 0.3) is 0 Å². The molecule has 1 saturated heterocycles. The van der Waals surface area contributed by atoms with E-state index >= 15 is 0 Å². The summed E-state index contributed by atoms with van der Waals surface area (Å²) >= 11 is 0. The van der Waals surface area contributed by atoms with Gasteiger partial charge in [-0.05, 0) is 36.5 Å². The van der Waals surface area contributed by atoms with Crippen molar-refractivity contribution < 1.29 is 14.0 Å². The molecule has 1 aliphatic heterocycles. The van der Waals surface area contributed by atoms with Gasteiger partial charge in [0.15, 0.2) is 0 Å². The number of nitrogens with one attached hydrogen (secondary N) is 1. The lowest BCUT2D eigenvalue weighted by Crippen LogP contribution is -2.45. The van der Waals surface area contributed by atoms with Gasteiger partial charge in [-0.15, -0.1) is 0 Å². The van der Waals surface area contributed by atoms with Gasteiger partial charge in [-0.3, -0.25) is 9.59 Å². The molecule has 1 fully saturated rings. The van der Waals surface area contributed by atoms with E-state index in [1.54, 1.807) is 23.1 Å². The molecule has 0 saturated carbocycles. The molecule has 1 atom stereocenters. The number of aryl methyl sites for hydroxylation is 1. The number of benzene rings is 2. The van der Waals surface area contributed by atoms with Crippen LogP contribution in [0, 0.1) is 5.82 Å². The smallest absolute Gasteiger partial charge is 0.243 e. The van der Waals surface area contributed by atoms with Crippen molar-refractivity contribution in [3.8, 4) is 0 Å². The molecular formula is C21H23FN2O2. The van der Waals surface area contributed by atoms with Crippen LogP contribution in [0.3, 0.4) is 0 Å². The minimum Gasteiger partial charge on any atom is -0.350 e. The molecule has 2 aromatic rings. The minimum atomic E-state index is -0.424. The van der Waals surface area contributed by atoms with Crippen molar-refractivity contribution in [2.75, 3.05) is 6.54 Å². The quantitative estimate of drug-likeness (QED) is 0.867. The van der Waals surface area contributed by atoms with Gasteiger partial charge in [0, 0.05) is 19.5 Å². The van der Waals surface area contributed by atoms with E-state index in [4.69, 9.17) is 0 Å². The zero-order valence-electron chi connectivity index (χ0n) is 14.7. The number of amides is 2. The zero-order chi connectivity index (χ0) is 18.4. The molecule has 2 aromatic carbocycles. The highest BCUT2D eigenvalue weighted by Gasteiger charge is 2.33. The number of hydrogen-bond acceptors (Lipinski definition) is 2. The Morgan fingerprint density at radius 3 is 2.58 bits per heavy atom. The summed E-state index contributed by atoms with van der Waals surface area (Å²) in [5.41, 5.74) is 1.56. The fourth-order valence-corrected chi connectivity index (χ4v) is 3.33. The molecule has 0 aliphatic carbocycles. The van der Waals surface area contributed by atoms with Gasteiger partial charge in [-0.2, -0.15) is 0 Å². The van der Waals surface area contributed by atoms with Gasteiger partial charge in [0.2, 0.25) is 11.8 Å². The highest BCUT2D eigenvalue weighted by atomic mass is 19.1. The van der Waals surface area contributed by atoms with Crippen LogP contribution < -0.4 is 5.32 Å². The monoisotopic (exact) mass is 354 g/mol. The summed E-state index contributed by atoms with van der Waals surface area (Å²) in [5, 5.41) is 2.92. The predicted molar refractivity (Wildman–Crippen MR) is 97.7 cm³/mol. The molecule has 0 spiro atoms. The summed E-state index contributed by atoms with van der Waals surface area (Å²) in [5.74, 6) is -0.505. The molecule has 3 rings (SSSR count). The van der Waals surface area contributed by atoms with E-state index in [9.17, 15) is 14.0 Å². The van der Waals surface area contributed by atoms with Crippen molar-refractivity contribution in [1.82, 2.24) is 10.2 Å². The lowest BCUT2D eigenvalue weighted by Gasteiger charge is -2.24. The van der Waals surface area contributed by atoms with Crippen LogP contribution in [0.4, 0.5) is 4.39 Å². The van der Waals surface area contributed by atoms with Crippen LogP contribution in [0.1, 0.15) is 30.4 Å². The van der Waals surface area contributed by atoms with E-state index in [2.05, 4.69) is 5.32 Å². The third-order valence-corrected chi connectivity index (χ3v) is 4.75. The maximum absolute atomic E-state index is 13.7. The average Bonchev–Trinajstić information content (AvgIpc) is 3.16. The number of halogens is 1. The number of hydrogen-bond donors (Lipinski definition) is 1. The van der Waals surface area contributed by atoms with Gasteiger partial charge in [0.25, 0.3) is 0 Å². The molecule has 26 heavy (non-hydrogen) atoms. The van der Waals surface area contributed by atoms with Crippen LogP contribution in [0.5, 0.6) is 0 Å². The maximum atomic E-state index is 13.7. The van der Waals surface area contributed by atoms with Gasteiger partial charge in [-0.1, -0.05) is 48.5 Å². The third-order valence-electron chi connectivity index (χ3n) is 4.75. The van der Waals surface area contributed by atoms with E-state index in [-0.39, 0.29) is 24.1 Å². The Labute approximate surface area is 153 Å². The van der Waals surface area contributed by atoms with Crippen LogP contribution in [0.2, 0.25) is 0 Å². The Balaban J connectivity index is 1.54. The minimum absolute atomic E-state index is 0.0920. The Kier molecular flexibility index (Phi) is 6.00. The second kappa shape index (κ2) is 8.61. The first-order valence-electron chi connectivity index (χ1n) is 8.99. The van der Waals surface area contributed by atoms with E-state index in [1.807, 2.05) is 30.3 Å². The molecule has 4 nitrogen and oxygen atoms in total. The normalized spacial score (nSPS) is 16.5. The van der Waals surface area contributed by atoms with E-state index in [1.165, 1.54) is 6.07 Å². The van der Waals surface area contributed by atoms with Crippen molar-refractivity contribution in [2.24, 2.45) is 0 Å². The number of carbonyl (C=O) groups is 2. The fraction of sp³-hybridized carbons (Fsp3) is 0.333. The Morgan fingerprint density at radius 2 is 1.81 bits per heavy atom. The lowest BCUT2D eigenvalue weighted by molar-refractivity contribution is -0.138. The summed E-state index contributed by atoms with van der Waals surface area (Å²) in [6, 6.07) is 15.7. The topological polar surface area (TPSA) is 49.4 Å². The zero-order valence-corrected chi connectivity index (χ0v) is 14.7. The van der Waals surface area contributed by atoms with E-state index in [0.717, 1.165) is 12.0 Å². The molecule has 0 bridgehead atoms. The molecule has 5 heteroatoms. The van der Waals surface area contributed by atoms with Crippen LogP contribution >= 0.6 is 0 Å². The SMILES string of the molecule is O=C(NCc1ccccc1)C1CCCN1C(=O)CCc1ccccc1F. The summed E-state index contributed by atoms with van der Waals surface area (Å²) in [7, 11) is 0. The molecule has 1 heterocycles. The first kappa shape index (κ1) is 18.1. The molecule has 1 N–H and O–H groups in total. The van der Waals surface area contributed by atoms with E-state index in [0.29, 0.717) is 31.5 Å². The van der Waals surface area contributed by atoms with Crippen LogP contribution in [-0.2, 0) is 22.6 Å². The van der Waals surface area contributed by atoms with Crippen molar-refractivity contribution in [3.63, 3.8) is 0 Å². The van der Waals surface area contributed by atoms with Gasteiger partial charge in [0.05, 0.1) is 0 Å². The highest BCUT2D eigenvalue weighted by Crippen LogP contribution is 2.20. The second-order valence-corrected chi connectivity index (χ2v) is 6.54. The van der Waals surface area contributed by atoms with Crippen molar-refractivity contribution >= 4 is 11.8 Å². The number of rotatable bonds is 6. The predicted octanol–water partition coefficient (Wildman–Crippen LogP) is 3.07. The van der Waals surface area contributed by atoms with E-state index < -0.39 is 6.04 Å². The molecule has 1 unspecified atom stereocenters. The second-order valence-electron chi connectivity index (χ2n) is 6.54. The largest absolute Gasteiger partial charge is 0.350 e. The maximum Gasteiger partial charge on any atom is 0.243 e. The average molecular weight is 354 g/mol. The summed E-state index contributed by atoms with van der Waals surface area (Å²) in [4.78, 5) is 26.7. The summed E-state index contributed by atoms with van der Waals surface area (Å²) in [6.45, 7) is 1.03. The third kappa shape index (κ3) is 4.48. The fourth-order valence-electron chi connectivity index (χ4n) is 3.33.